The molecule has 1 fully saturated rings. The standard InChI is InChI=1S/C23H20Cl2N2O2/c24-19-9-8-15(12-20(19)25)13-21-23(29)27(11-10-22(28)26-21)14-17-6-3-5-16-4-1-2-7-18(16)17/h1-9,12,21H,10-11,13-14H2,(H,26,28)/t21-/m0/s1. The Labute approximate surface area is 179 Å². The molecule has 1 heterocycles. The monoisotopic (exact) mass is 426 g/mol. The van der Waals surface area contributed by atoms with E-state index in [4.69, 9.17) is 23.2 Å². The molecule has 2 amide bonds. The normalized spacial score (nSPS) is 17.3. The number of hydrogen-bond acceptors (Lipinski definition) is 2. The minimum atomic E-state index is -0.628. The fraction of sp³-hybridized carbons (Fsp3) is 0.217. The first-order valence-corrected chi connectivity index (χ1v) is 10.3. The second kappa shape index (κ2) is 8.44. The van der Waals surface area contributed by atoms with Gasteiger partial charge in [-0.1, -0.05) is 71.7 Å². The molecule has 3 aromatic rings. The number of hydrogen-bond donors (Lipinski definition) is 1. The second-order valence-electron chi connectivity index (χ2n) is 7.22. The molecular weight excluding hydrogens is 407 g/mol. The summed E-state index contributed by atoms with van der Waals surface area (Å²) in [5, 5.41) is 6.01. The maximum atomic E-state index is 13.2. The van der Waals surface area contributed by atoms with Crippen molar-refractivity contribution >= 4 is 45.8 Å². The molecule has 0 radical (unpaired) electrons. The minimum Gasteiger partial charge on any atom is -0.344 e. The SMILES string of the molecule is O=C1CCN(Cc2cccc3ccccc23)C(=O)[C@H](Cc2ccc(Cl)c(Cl)c2)N1. The molecule has 0 bridgehead atoms. The molecule has 4 nitrogen and oxygen atoms in total. The van der Waals surface area contributed by atoms with Crippen molar-refractivity contribution in [1.29, 1.82) is 0 Å². The summed E-state index contributed by atoms with van der Waals surface area (Å²) in [5.74, 6) is -0.210. The van der Waals surface area contributed by atoms with Crippen LogP contribution in [0, 0.1) is 0 Å². The topological polar surface area (TPSA) is 49.4 Å². The molecule has 0 aromatic heterocycles. The van der Waals surface area contributed by atoms with Gasteiger partial charge in [-0.2, -0.15) is 0 Å². The van der Waals surface area contributed by atoms with E-state index in [9.17, 15) is 9.59 Å². The third-order valence-electron chi connectivity index (χ3n) is 5.22. The third kappa shape index (κ3) is 4.39. The van der Waals surface area contributed by atoms with Crippen molar-refractivity contribution in [2.75, 3.05) is 6.54 Å². The highest BCUT2D eigenvalue weighted by Crippen LogP contribution is 2.24. The van der Waals surface area contributed by atoms with E-state index < -0.39 is 6.04 Å². The van der Waals surface area contributed by atoms with E-state index in [0.717, 1.165) is 21.9 Å². The van der Waals surface area contributed by atoms with Gasteiger partial charge in [-0.05, 0) is 34.0 Å². The van der Waals surface area contributed by atoms with Crippen LogP contribution in [0.4, 0.5) is 0 Å². The number of amides is 2. The van der Waals surface area contributed by atoms with Crippen LogP contribution < -0.4 is 5.32 Å². The fourth-order valence-electron chi connectivity index (χ4n) is 3.73. The smallest absolute Gasteiger partial charge is 0.245 e. The zero-order chi connectivity index (χ0) is 20.4. The van der Waals surface area contributed by atoms with E-state index >= 15 is 0 Å². The van der Waals surface area contributed by atoms with Crippen molar-refractivity contribution in [3.8, 4) is 0 Å². The molecule has 1 aliphatic heterocycles. The largest absolute Gasteiger partial charge is 0.344 e. The number of benzene rings is 3. The second-order valence-corrected chi connectivity index (χ2v) is 8.04. The maximum absolute atomic E-state index is 13.2. The molecule has 0 spiro atoms. The Morgan fingerprint density at radius 2 is 1.76 bits per heavy atom. The molecule has 1 N–H and O–H groups in total. The summed E-state index contributed by atoms with van der Waals surface area (Å²) < 4.78 is 0. The average Bonchev–Trinajstić information content (AvgIpc) is 2.84. The summed E-state index contributed by atoms with van der Waals surface area (Å²) in [6, 6.07) is 18.8. The number of nitrogens with zero attached hydrogens (tertiary/aromatic N) is 1. The van der Waals surface area contributed by atoms with Gasteiger partial charge in [0.05, 0.1) is 10.0 Å². The van der Waals surface area contributed by atoms with E-state index in [2.05, 4.69) is 23.5 Å². The van der Waals surface area contributed by atoms with Crippen LogP contribution in [0.5, 0.6) is 0 Å². The summed E-state index contributed by atoms with van der Waals surface area (Å²) in [5.41, 5.74) is 1.92. The number of rotatable bonds is 4. The van der Waals surface area contributed by atoms with Crippen LogP contribution in [0.25, 0.3) is 10.8 Å². The van der Waals surface area contributed by atoms with Gasteiger partial charge in [0.2, 0.25) is 11.8 Å². The third-order valence-corrected chi connectivity index (χ3v) is 5.96. The fourth-order valence-corrected chi connectivity index (χ4v) is 4.05. The van der Waals surface area contributed by atoms with Crippen LogP contribution in [0.3, 0.4) is 0 Å². The van der Waals surface area contributed by atoms with E-state index in [1.54, 1.807) is 17.0 Å². The lowest BCUT2D eigenvalue weighted by molar-refractivity contribution is -0.134. The number of halogens is 2. The van der Waals surface area contributed by atoms with Crippen molar-refractivity contribution in [3.63, 3.8) is 0 Å². The zero-order valence-corrected chi connectivity index (χ0v) is 17.2. The van der Waals surface area contributed by atoms with Crippen molar-refractivity contribution < 1.29 is 9.59 Å². The van der Waals surface area contributed by atoms with Gasteiger partial charge in [-0.15, -0.1) is 0 Å². The molecule has 4 rings (SSSR count). The van der Waals surface area contributed by atoms with E-state index in [1.807, 2.05) is 30.3 Å². The van der Waals surface area contributed by atoms with Crippen molar-refractivity contribution in [3.05, 3.63) is 81.8 Å². The molecule has 0 unspecified atom stereocenters. The molecule has 148 valence electrons. The lowest BCUT2D eigenvalue weighted by atomic mass is 10.0. The Hall–Kier alpha value is -2.56. The Morgan fingerprint density at radius 1 is 0.966 bits per heavy atom. The van der Waals surface area contributed by atoms with Crippen LogP contribution >= 0.6 is 23.2 Å². The van der Waals surface area contributed by atoms with E-state index in [1.165, 1.54) is 0 Å². The first-order chi connectivity index (χ1) is 14.0. The van der Waals surface area contributed by atoms with Crippen LogP contribution in [-0.4, -0.2) is 29.3 Å². The summed E-state index contributed by atoms with van der Waals surface area (Å²) in [6.07, 6.45) is 0.655. The predicted octanol–water partition coefficient (Wildman–Crippen LogP) is 4.61. The van der Waals surface area contributed by atoms with Gasteiger partial charge < -0.3 is 10.2 Å². The first kappa shape index (κ1) is 19.7. The number of carbonyl (C=O) groups excluding carboxylic acids is 2. The van der Waals surface area contributed by atoms with E-state index in [-0.39, 0.29) is 18.2 Å². The molecule has 0 saturated carbocycles. The summed E-state index contributed by atoms with van der Waals surface area (Å²) in [4.78, 5) is 27.2. The Morgan fingerprint density at radius 3 is 2.59 bits per heavy atom. The van der Waals surface area contributed by atoms with Crippen molar-refractivity contribution in [2.45, 2.75) is 25.4 Å². The van der Waals surface area contributed by atoms with Gasteiger partial charge >= 0.3 is 0 Å². The molecule has 1 atom stereocenters. The summed E-state index contributed by atoms with van der Waals surface area (Å²) in [6.45, 7) is 0.860. The maximum Gasteiger partial charge on any atom is 0.245 e. The van der Waals surface area contributed by atoms with Gasteiger partial charge in [-0.25, -0.2) is 0 Å². The zero-order valence-electron chi connectivity index (χ0n) is 15.7. The molecule has 0 aliphatic carbocycles. The summed E-state index contributed by atoms with van der Waals surface area (Å²) >= 11 is 12.1. The molecular formula is C23H20Cl2N2O2. The van der Waals surface area contributed by atoms with Gasteiger partial charge in [0.15, 0.2) is 0 Å². The molecule has 1 saturated heterocycles. The quantitative estimate of drug-likeness (QED) is 0.662. The van der Waals surface area contributed by atoms with Gasteiger partial charge in [0, 0.05) is 25.9 Å². The first-order valence-electron chi connectivity index (χ1n) is 9.50. The molecule has 29 heavy (non-hydrogen) atoms. The lowest BCUT2D eigenvalue weighted by Crippen LogP contribution is -2.45. The van der Waals surface area contributed by atoms with Crippen LogP contribution in [0.1, 0.15) is 17.5 Å². The van der Waals surface area contributed by atoms with Gasteiger partial charge in [0.25, 0.3) is 0 Å². The Balaban J connectivity index is 1.59. The lowest BCUT2D eigenvalue weighted by Gasteiger charge is -2.25. The van der Waals surface area contributed by atoms with Crippen LogP contribution in [0.15, 0.2) is 60.7 Å². The summed E-state index contributed by atoms with van der Waals surface area (Å²) in [7, 11) is 0. The highest BCUT2D eigenvalue weighted by molar-refractivity contribution is 6.42. The number of nitrogens with one attached hydrogen (secondary N) is 1. The average molecular weight is 427 g/mol. The van der Waals surface area contributed by atoms with Crippen LogP contribution in [0.2, 0.25) is 10.0 Å². The highest BCUT2D eigenvalue weighted by atomic mass is 35.5. The molecule has 3 aromatic carbocycles. The Bertz CT molecular complexity index is 1080. The van der Waals surface area contributed by atoms with Crippen LogP contribution in [-0.2, 0) is 22.6 Å². The number of fused-ring (bicyclic) bond motifs is 1. The molecule has 1 aliphatic rings. The van der Waals surface area contributed by atoms with Gasteiger partial charge in [-0.3, -0.25) is 9.59 Å². The minimum absolute atomic E-state index is 0.0881. The van der Waals surface area contributed by atoms with Crippen molar-refractivity contribution in [1.82, 2.24) is 10.2 Å². The van der Waals surface area contributed by atoms with Gasteiger partial charge in [0.1, 0.15) is 6.04 Å². The Kier molecular flexibility index (Phi) is 5.74. The highest BCUT2D eigenvalue weighted by Gasteiger charge is 2.30. The predicted molar refractivity (Wildman–Crippen MR) is 116 cm³/mol. The molecule has 6 heteroatoms. The van der Waals surface area contributed by atoms with Crippen molar-refractivity contribution in [2.24, 2.45) is 0 Å². The number of carbonyl (C=O) groups is 2. The van der Waals surface area contributed by atoms with E-state index in [0.29, 0.717) is 29.6 Å².